The van der Waals surface area contributed by atoms with Gasteiger partial charge in [-0.15, -0.1) is 11.3 Å². The number of amides is 1. The average molecular weight is 348 g/mol. The lowest BCUT2D eigenvalue weighted by atomic mass is 10.0. The van der Waals surface area contributed by atoms with Crippen LogP contribution in [0.2, 0.25) is 0 Å². The van der Waals surface area contributed by atoms with Gasteiger partial charge in [-0.25, -0.2) is 4.79 Å². The van der Waals surface area contributed by atoms with E-state index in [1.54, 1.807) is 18.3 Å². The first kappa shape index (κ1) is 17.0. The van der Waals surface area contributed by atoms with Crippen LogP contribution in [0.4, 0.5) is 0 Å². The molecule has 2 aromatic heterocycles. The maximum Gasteiger partial charge on any atom is 0.355 e. The van der Waals surface area contributed by atoms with Crippen LogP contribution in [0.25, 0.3) is 10.2 Å². The number of hydrogen-bond acceptors (Lipinski definition) is 4. The Hall–Kier alpha value is -1.82. The number of ether oxygens (including phenoxy) is 1. The molecule has 6 heteroatoms. The second-order valence-electron chi connectivity index (χ2n) is 6.37. The number of piperidine rings is 1. The van der Waals surface area contributed by atoms with E-state index in [1.807, 2.05) is 28.5 Å². The highest BCUT2D eigenvalue weighted by atomic mass is 32.1. The van der Waals surface area contributed by atoms with Crippen LogP contribution in [0, 0.1) is 6.92 Å². The van der Waals surface area contributed by atoms with E-state index in [4.69, 9.17) is 4.74 Å². The topological polar surface area (TPSA) is 51.5 Å². The van der Waals surface area contributed by atoms with E-state index >= 15 is 0 Å². The summed E-state index contributed by atoms with van der Waals surface area (Å²) >= 11 is 1.63. The van der Waals surface area contributed by atoms with E-state index in [0.29, 0.717) is 12.3 Å². The highest BCUT2D eigenvalue weighted by molar-refractivity contribution is 7.19. The third kappa shape index (κ3) is 3.20. The zero-order valence-electron chi connectivity index (χ0n) is 14.5. The van der Waals surface area contributed by atoms with E-state index in [-0.39, 0.29) is 24.5 Å². The fourth-order valence-corrected chi connectivity index (χ4v) is 4.37. The lowest BCUT2D eigenvalue weighted by Crippen LogP contribution is -2.43. The van der Waals surface area contributed by atoms with E-state index in [2.05, 4.69) is 6.92 Å². The molecule has 1 amide bonds. The summed E-state index contributed by atoms with van der Waals surface area (Å²) in [6, 6.07) is 4.15. The number of rotatable bonds is 4. The molecule has 5 nitrogen and oxygen atoms in total. The van der Waals surface area contributed by atoms with Crippen LogP contribution in [-0.4, -0.2) is 40.5 Å². The maximum atomic E-state index is 12.8. The fraction of sp³-hybridized carbons (Fsp3) is 0.556. The largest absolute Gasteiger partial charge is 0.461 e. The number of carbonyl (C=O) groups is 2. The van der Waals surface area contributed by atoms with Crippen LogP contribution < -0.4 is 0 Å². The Labute approximate surface area is 146 Å². The molecule has 1 fully saturated rings. The molecular formula is C18H24N2O3S. The van der Waals surface area contributed by atoms with Gasteiger partial charge in [0.2, 0.25) is 5.91 Å². The SMILES string of the molecule is CCOC(=O)c1cc2sc(C)cc2n1CC(=O)N1CCCC[C@H]1C. The molecule has 1 aliphatic rings. The summed E-state index contributed by atoms with van der Waals surface area (Å²) in [5.41, 5.74) is 1.41. The van der Waals surface area contributed by atoms with Crippen molar-refractivity contribution in [2.45, 2.75) is 52.6 Å². The van der Waals surface area contributed by atoms with E-state index < -0.39 is 0 Å². The van der Waals surface area contributed by atoms with Gasteiger partial charge in [0.25, 0.3) is 0 Å². The molecule has 3 rings (SSSR count). The van der Waals surface area contributed by atoms with Crippen LogP contribution in [0.3, 0.4) is 0 Å². The van der Waals surface area contributed by atoms with Crippen molar-refractivity contribution in [2.75, 3.05) is 13.2 Å². The molecule has 2 aromatic rings. The summed E-state index contributed by atoms with van der Waals surface area (Å²) in [5.74, 6) is -0.285. The van der Waals surface area contributed by atoms with Crippen LogP contribution in [0.1, 0.15) is 48.5 Å². The smallest absolute Gasteiger partial charge is 0.355 e. The Morgan fingerprint density at radius 3 is 2.83 bits per heavy atom. The lowest BCUT2D eigenvalue weighted by molar-refractivity contribution is -0.135. The summed E-state index contributed by atoms with van der Waals surface area (Å²) in [6.45, 7) is 7.25. The van der Waals surface area contributed by atoms with Crippen LogP contribution in [0.15, 0.2) is 12.1 Å². The van der Waals surface area contributed by atoms with Crippen molar-refractivity contribution in [1.82, 2.24) is 9.47 Å². The Kier molecular flexibility index (Phi) is 4.94. The van der Waals surface area contributed by atoms with Gasteiger partial charge in [-0.2, -0.15) is 0 Å². The molecule has 24 heavy (non-hydrogen) atoms. The summed E-state index contributed by atoms with van der Waals surface area (Å²) in [7, 11) is 0. The molecule has 0 saturated carbocycles. The molecule has 0 unspecified atom stereocenters. The van der Waals surface area contributed by atoms with Gasteiger partial charge in [0.05, 0.1) is 16.8 Å². The highest BCUT2D eigenvalue weighted by Gasteiger charge is 2.26. The monoisotopic (exact) mass is 348 g/mol. The normalized spacial score (nSPS) is 18.1. The number of nitrogens with zero attached hydrogens (tertiary/aromatic N) is 2. The zero-order valence-corrected chi connectivity index (χ0v) is 15.3. The number of thiophene rings is 1. The number of aromatic nitrogens is 1. The van der Waals surface area contributed by atoms with Gasteiger partial charge < -0.3 is 14.2 Å². The summed E-state index contributed by atoms with van der Waals surface area (Å²) in [4.78, 5) is 28.2. The van der Waals surface area contributed by atoms with Crippen LogP contribution in [-0.2, 0) is 16.1 Å². The van der Waals surface area contributed by atoms with Crippen molar-refractivity contribution in [3.05, 3.63) is 22.7 Å². The second kappa shape index (κ2) is 6.97. The second-order valence-corrected chi connectivity index (χ2v) is 7.66. The molecule has 0 spiro atoms. The summed E-state index contributed by atoms with van der Waals surface area (Å²) in [6.07, 6.45) is 3.28. The predicted octanol–water partition coefficient (Wildman–Crippen LogP) is 3.59. The molecule has 0 radical (unpaired) electrons. The van der Waals surface area contributed by atoms with Crippen LogP contribution in [0.5, 0.6) is 0 Å². The molecule has 0 aliphatic carbocycles. The van der Waals surface area contributed by atoms with E-state index in [9.17, 15) is 9.59 Å². The minimum Gasteiger partial charge on any atom is -0.461 e. The quantitative estimate of drug-likeness (QED) is 0.794. The highest BCUT2D eigenvalue weighted by Crippen LogP contribution is 2.29. The molecule has 0 aromatic carbocycles. The molecule has 1 aliphatic heterocycles. The van der Waals surface area contributed by atoms with Crippen molar-refractivity contribution >= 4 is 33.4 Å². The molecular weight excluding hydrogens is 324 g/mol. The van der Waals surface area contributed by atoms with Crippen molar-refractivity contribution in [1.29, 1.82) is 0 Å². The Balaban J connectivity index is 1.92. The van der Waals surface area contributed by atoms with Gasteiger partial charge >= 0.3 is 5.97 Å². The zero-order chi connectivity index (χ0) is 17.3. The van der Waals surface area contributed by atoms with Gasteiger partial charge in [0, 0.05) is 17.5 Å². The Morgan fingerprint density at radius 1 is 1.33 bits per heavy atom. The van der Waals surface area contributed by atoms with E-state index in [0.717, 1.165) is 29.6 Å². The maximum absolute atomic E-state index is 12.8. The Morgan fingerprint density at radius 2 is 2.12 bits per heavy atom. The summed E-state index contributed by atoms with van der Waals surface area (Å²) < 4.78 is 8.01. The number of hydrogen-bond donors (Lipinski definition) is 0. The standard InChI is InChI=1S/C18H24N2O3S/c1-4-23-18(22)15-10-16-14(9-13(3)24-16)20(15)11-17(21)19-8-6-5-7-12(19)2/h9-10,12H,4-8,11H2,1-3H3/t12-/m1/s1. The predicted molar refractivity (Wildman–Crippen MR) is 95.5 cm³/mol. The third-order valence-corrected chi connectivity index (χ3v) is 5.60. The first-order valence-electron chi connectivity index (χ1n) is 8.57. The van der Waals surface area contributed by atoms with Crippen molar-refractivity contribution in [2.24, 2.45) is 0 Å². The minimum absolute atomic E-state index is 0.0779. The third-order valence-electron chi connectivity index (χ3n) is 4.61. The Bertz CT molecular complexity index is 762. The number of aryl methyl sites for hydroxylation is 1. The molecule has 1 saturated heterocycles. The molecule has 1 atom stereocenters. The minimum atomic E-state index is -0.363. The first-order chi connectivity index (χ1) is 11.5. The number of esters is 1. The lowest BCUT2D eigenvalue weighted by Gasteiger charge is -2.33. The van der Waals surface area contributed by atoms with Gasteiger partial charge in [-0.1, -0.05) is 0 Å². The number of carbonyl (C=O) groups excluding carboxylic acids is 2. The van der Waals surface area contributed by atoms with Gasteiger partial charge in [-0.3, -0.25) is 4.79 Å². The summed E-state index contributed by atoms with van der Waals surface area (Å²) in [5, 5.41) is 0. The van der Waals surface area contributed by atoms with E-state index in [1.165, 1.54) is 11.3 Å². The van der Waals surface area contributed by atoms with Crippen LogP contribution >= 0.6 is 11.3 Å². The fourth-order valence-electron chi connectivity index (χ4n) is 3.40. The molecule has 3 heterocycles. The van der Waals surface area contributed by atoms with Gasteiger partial charge in [0.1, 0.15) is 12.2 Å². The van der Waals surface area contributed by atoms with Crippen molar-refractivity contribution in [3.8, 4) is 0 Å². The first-order valence-corrected chi connectivity index (χ1v) is 9.39. The molecule has 0 bridgehead atoms. The van der Waals surface area contributed by atoms with Gasteiger partial charge in [0.15, 0.2) is 0 Å². The molecule has 0 N–H and O–H groups in total. The van der Waals surface area contributed by atoms with Gasteiger partial charge in [-0.05, 0) is 52.2 Å². The van der Waals surface area contributed by atoms with Crippen molar-refractivity contribution < 1.29 is 14.3 Å². The number of likely N-dealkylation sites (tertiary alicyclic amines) is 1. The average Bonchev–Trinajstić information content (AvgIpc) is 3.05. The molecule has 130 valence electrons. The number of fused-ring (bicyclic) bond motifs is 1. The van der Waals surface area contributed by atoms with Crippen molar-refractivity contribution in [3.63, 3.8) is 0 Å².